The van der Waals surface area contributed by atoms with Crippen LogP contribution in [0.3, 0.4) is 0 Å². The minimum Gasteiger partial charge on any atom is -0.475 e. The molecule has 6 heteroatoms. The normalized spacial score (nSPS) is 11.0. The minimum absolute atomic E-state index is 0.215. The van der Waals surface area contributed by atoms with Gasteiger partial charge in [0.2, 0.25) is 11.7 Å². The molecule has 0 saturated carbocycles. The van der Waals surface area contributed by atoms with E-state index in [9.17, 15) is 4.79 Å². The van der Waals surface area contributed by atoms with Gasteiger partial charge in [-0.25, -0.2) is 9.78 Å². The summed E-state index contributed by atoms with van der Waals surface area (Å²) in [6.45, 7) is 0. The van der Waals surface area contributed by atoms with E-state index < -0.39 is 5.97 Å². The van der Waals surface area contributed by atoms with Crippen LogP contribution in [0, 0.1) is 0 Å². The zero-order chi connectivity index (χ0) is 15.8. The Morgan fingerprint density at radius 3 is 2.48 bits per heavy atom. The molecule has 1 N–H and O–H groups in total. The van der Waals surface area contributed by atoms with Gasteiger partial charge in [-0.2, -0.15) is 0 Å². The van der Waals surface area contributed by atoms with E-state index in [1.54, 1.807) is 0 Å². The number of rotatable bonds is 3. The molecule has 0 aliphatic rings. The van der Waals surface area contributed by atoms with Gasteiger partial charge in [-0.3, -0.25) is 0 Å². The van der Waals surface area contributed by atoms with Crippen LogP contribution in [-0.2, 0) is 0 Å². The highest BCUT2D eigenvalue weighted by atomic mass is 16.5. The zero-order valence-corrected chi connectivity index (χ0v) is 11.8. The first-order valence-electron chi connectivity index (χ1n) is 6.88. The predicted molar refractivity (Wildman–Crippen MR) is 81.9 cm³/mol. The summed E-state index contributed by atoms with van der Waals surface area (Å²) in [7, 11) is 0. The van der Waals surface area contributed by atoms with Gasteiger partial charge in [0.15, 0.2) is 5.58 Å². The lowest BCUT2D eigenvalue weighted by molar-refractivity contribution is 0.0652. The van der Waals surface area contributed by atoms with Gasteiger partial charge in [0.1, 0.15) is 11.2 Å². The molecule has 0 atom stereocenters. The molecule has 0 radical (unpaired) electrons. The Morgan fingerprint density at radius 1 is 1.00 bits per heavy atom. The summed E-state index contributed by atoms with van der Waals surface area (Å²) in [6.07, 6.45) is 0. The molecule has 4 aromatic rings. The third-order valence-corrected chi connectivity index (χ3v) is 3.45. The lowest BCUT2D eigenvalue weighted by atomic mass is 10.0. The fourth-order valence-corrected chi connectivity index (χ4v) is 2.38. The molecule has 0 aliphatic carbocycles. The van der Waals surface area contributed by atoms with Crippen molar-refractivity contribution in [3.8, 4) is 22.7 Å². The van der Waals surface area contributed by atoms with E-state index in [2.05, 4.69) is 10.1 Å². The molecule has 112 valence electrons. The van der Waals surface area contributed by atoms with Crippen molar-refractivity contribution in [3.63, 3.8) is 0 Å². The van der Waals surface area contributed by atoms with Crippen LogP contribution in [0.15, 0.2) is 63.5 Å². The molecule has 0 fully saturated rings. The quantitative estimate of drug-likeness (QED) is 0.618. The number of aromatic nitrogens is 2. The summed E-state index contributed by atoms with van der Waals surface area (Å²) in [4.78, 5) is 15.4. The number of fused-ring (bicyclic) bond motifs is 1. The van der Waals surface area contributed by atoms with Crippen LogP contribution in [0.1, 0.15) is 10.6 Å². The van der Waals surface area contributed by atoms with Crippen LogP contribution in [0.25, 0.3) is 33.8 Å². The number of carboxylic acids is 1. The second kappa shape index (κ2) is 5.10. The van der Waals surface area contributed by atoms with Crippen molar-refractivity contribution >= 4 is 17.1 Å². The predicted octanol–water partition coefficient (Wildman–Crippen LogP) is 3.85. The average molecular weight is 306 g/mol. The third kappa shape index (κ3) is 2.26. The molecule has 0 saturated heterocycles. The summed E-state index contributed by atoms with van der Waals surface area (Å²) in [5.41, 5.74) is 3.26. The van der Waals surface area contributed by atoms with Crippen molar-refractivity contribution in [1.82, 2.24) is 10.1 Å². The van der Waals surface area contributed by atoms with Gasteiger partial charge in [0, 0.05) is 17.2 Å². The Labute approximate surface area is 130 Å². The SMILES string of the molecule is O=C(O)c1cc(-c2ccccc2-c2nc3ccccc3o2)no1. The number of carbonyl (C=O) groups is 1. The van der Waals surface area contributed by atoms with Crippen molar-refractivity contribution in [3.05, 3.63) is 60.4 Å². The highest BCUT2D eigenvalue weighted by Gasteiger charge is 2.18. The number of hydrogen-bond donors (Lipinski definition) is 1. The highest BCUT2D eigenvalue weighted by molar-refractivity contribution is 5.88. The molecular weight excluding hydrogens is 296 g/mol. The van der Waals surface area contributed by atoms with E-state index in [1.807, 2.05) is 48.5 Å². The topological polar surface area (TPSA) is 89.4 Å². The minimum atomic E-state index is -1.16. The number of oxazole rings is 1. The summed E-state index contributed by atoms with van der Waals surface area (Å²) in [5, 5.41) is 12.8. The lowest BCUT2D eigenvalue weighted by Gasteiger charge is -2.02. The molecule has 0 aliphatic heterocycles. The van der Waals surface area contributed by atoms with E-state index in [4.69, 9.17) is 14.0 Å². The Morgan fingerprint density at radius 2 is 1.74 bits per heavy atom. The van der Waals surface area contributed by atoms with Crippen molar-refractivity contribution < 1.29 is 18.8 Å². The van der Waals surface area contributed by atoms with Gasteiger partial charge >= 0.3 is 5.97 Å². The molecule has 0 spiro atoms. The molecule has 23 heavy (non-hydrogen) atoms. The first-order chi connectivity index (χ1) is 11.2. The fourth-order valence-electron chi connectivity index (χ4n) is 2.38. The Bertz CT molecular complexity index is 983. The first-order valence-corrected chi connectivity index (χ1v) is 6.88. The summed E-state index contributed by atoms with van der Waals surface area (Å²) in [6, 6.07) is 16.2. The molecule has 6 nitrogen and oxygen atoms in total. The number of para-hydroxylation sites is 2. The molecule has 0 amide bonds. The number of carboxylic acid groups (broad SMARTS) is 1. The van der Waals surface area contributed by atoms with E-state index in [0.717, 1.165) is 5.52 Å². The van der Waals surface area contributed by atoms with Crippen LogP contribution < -0.4 is 0 Å². The van der Waals surface area contributed by atoms with Crippen LogP contribution in [0.4, 0.5) is 0 Å². The molecule has 4 rings (SSSR count). The van der Waals surface area contributed by atoms with Gasteiger partial charge in [-0.05, 0) is 18.2 Å². The van der Waals surface area contributed by atoms with Crippen molar-refractivity contribution in [2.24, 2.45) is 0 Å². The van der Waals surface area contributed by atoms with Gasteiger partial charge in [0.25, 0.3) is 0 Å². The average Bonchev–Trinajstić information content (AvgIpc) is 3.22. The van der Waals surface area contributed by atoms with Crippen molar-refractivity contribution in [1.29, 1.82) is 0 Å². The Balaban J connectivity index is 1.87. The van der Waals surface area contributed by atoms with Crippen LogP contribution in [0.2, 0.25) is 0 Å². The van der Waals surface area contributed by atoms with Crippen LogP contribution in [0.5, 0.6) is 0 Å². The maximum atomic E-state index is 11.0. The second-order valence-corrected chi connectivity index (χ2v) is 4.91. The van der Waals surface area contributed by atoms with Gasteiger partial charge in [-0.1, -0.05) is 35.5 Å². The third-order valence-electron chi connectivity index (χ3n) is 3.45. The Hall–Kier alpha value is -3.41. The highest BCUT2D eigenvalue weighted by Crippen LogP contribution is 2.32. The second-order valence-electron chi connectivity index (χ2n) is 4.91. The summed E-state index contributed by atoms with van der Waals surface area (Å²) in [5.74, 6) is -0.933. The van der Waals surface area contributed by atoms with Gasteiger partial charge in [0.05, 0.1) is 0 Å². The first kappa shape index (κ1) is 13.3. The van der Waals surface area contributed by atoms with E-state index in [1.165, 1.54) is 6.07 Å². The summed E-state index contributed by atoms with van der Waals surface area (Å²) >= 11 is 0. The molecule has 2 heterocycles. The molecule has 2 aromatic heterocycles. The van der Waals surface area contributed by atoms with Crippen molar-refractivity contribution in [2.45, 2.75) is 0 Å². The van der Waals surface area contributed by atoms with Crippen molar-refractivity contribution in [2.75, 3.05) is 0 Å². The van der Waals surface area contributed by atoms with Gasteiger partial charge in [-0.15, -0.1) is 0 Å². The van der Waals surface area contributed by atoms with Gasteiger partial charge < -0.3 is 14.0 Å². The largest absolute Gasteiger partial charge is 0.475 e. The molecule has 0 bridgehead atoms. The standard InChI is InChI=1S/C17H10N2O4/c20-17(21)15-9-13(19-23-15)10-5-1-2-6-11(10)16-18-12-7-3-4-8-14(12)22-16/h1-9H,(H,20,21). The maximum Gasteiger partial charge on any atom is 0.374 e. The number of hydrogen-bond acceptors (Lipinski definition) is 5. The molecule has 2 aromatic carbocycles. The Kier molecular flexibility index (Phi) is 2.94. The van der Waals surface area contributed by atoms with Crippen LogP contribution >= 0.6 is 0 Å². The smallest absolute Gasteiger partial charge is 0.374 e. The molecule has 0 unspecified atom stereocenters. The summed E-state index contributed by atoms with van der Waals surface area (Å²) < 4.78 is 10.6. The number of benzene rings is 2. The lowest BCUT2D eigenvalue weighted by Crippen LogP contribution is -1.91. The fraction of sp³-hybridized carbons (Fsp3) is 0. The van der Waals surface area contributed by atoms with E-state index >= 15 is 0 Å². The zero-order valence-electron chi connectivity index (χ0n) is 11.8. The monoisotopic (exact) mass is 306 g/mol. The van der Waals surface area contributed by atoms with E-state index in [-0.39, 0.29) is 5.76 Å². The van der Waals surface area contributed by atoms with Crippen LogP contribution in [-0.4, -0.2) is 21.2 Å². The van der Waals surface area contributed by atoms with E-state index in [0.29, 0.717) is 28.3 Å². The maximum absolute atomic E-state index is 11.0. The number of aromatic carboxylic acids is 1. The number of nitrogens with zero attached hydrogens (tertiary/aromatic N) is 2. The molecular formula is C17H10N2O4.